The molecule has 1 aromatic rings. The second kappa shape index (κ2) is 9.72. The zero-order chi connectivity index (χ0) is 19.1. The van der Waals surface area contributed by atoms with E-state index in [2.05, 4.69) is 15.1 Å². The van der Waals surface area contributed by atoms with E-state index in [-0.39, 0.29) is 11.8 Å². The van der Waals surface area contributed by atoms with Crippen molar-refractivity contribution in [2.24, 2.45) is 0 Å². The Bertz CT molecular complexity index is 662. The summed E-state index contributed by atoms with van der Waals surface area (Å²) in [6.07, 6.45) is 7.47. The summed E-state index contributed by atoms with van der Waals surface area (Å²) in [7, 11) is 0. The molecule has 1 aliphatic carbocycles. The Morgan fingerprint density at radius 3 is 2.56 bits per heavy atom. The Morgan fingerprint density at radius 2 is 1.96 bits per heavy atom. The van der Waals surface area contributed by atoms with E-state index in [4.69, 9.17) is 10.4 Å². The Balaban J connectivity index is 0.000000197. The highest BCUT2D eigenvalue weighted by Gasteiger charge is 2.30. The summed E-state index contributed by atoms with van der Waals surface area (Å²) >= 11 is 0. The Hall–Kier alpha value is -2.10. The zero-order valence-corrected chi connectivity index (χ0v) is 15.9. The second-order valence-corrected chi connectivity index (χ2v) is 7.61. The van der Waals surface area contributed by atoms with Crippen LogP contribution in [0.2, 0.25) is 0 Å². The summed E-state index contributed by atoms with van der Waals surface area (Å²) in [5, 5.41) is 20.4. The van der Waals surface area contributed by atoms with Crippen LogP contribution in [0, 0.1) is 11.3 Å². The molecule has 3 fully saturated rings. The van der Waals surface area contributed by atoms with E-state index in [9.17, 15) is 4.79 Å². The van der Waals surface area contributed by atoms with Gasteiger partial charge in [-0.2, -0.15) is 5.26 Å². The number of phenols is 1. The molecule has 4 rings (SSSR count). The van der Waals surface area contributed by atoms with Crippen molar-refractivity contribution in [1.82, 2.24) is 15.1 Å². The zero-order valence-electron chi connectivity index (χ0n) is 15.9. The van der Waals surface area contributed by atoms with Gasteiger partial charge in [0.25, 0.3) is 0 Å². The van der Waals surface area contributed by atoms with Crippen LogP contribution < -0.4 is 5.32 Å². The monoisotopic (exact) mass is 370 g/mol. The van der Waals surface area contributed by atoms with Crippen LogP contribution in [0.1, 0.15) is 44.1 Å². The molecule has 2 saturated heterocycles. The third-order valence-electron chi connectivity index (χ3n) is 5.77. The molecule has 2 N–H and O–H groups in total. The molecule has 1 amide bonds. The number of nitrogens with one attached hydrogen (secondary N) is 1. The van der Waals surface area contributed by atoms with Gasteiger partial charge in [-0.25, -0.2) is 0 Å². The molecule has 0 aromatic heterocycles. The number of nitrogens with zero attached hydrogens (tertiary/aromatic N) is 3. The molecule has 1 saturated carbocycles. The van der Waals surface area contributed by atoms with Crippen LogP contribution in [0.5, 0.6) is 5.75 Å². The summed E-state index contributed by atoms with van der Waals surface area (Å²) in [4.78, 5) is 17.1. The van der Waals surface area contributed by atoms with Gasteiger partial charge >= 0.3 is 0 Å². The quantitative estimate of drug-likeness (QED) is 0.833. The number of carbonyl (C=O) groups is 1. The van der Waals surface area contributed by atoms with E-state index < -0.39 is 0 Å². The third-order valence-corrected chi connectivity index (χ3v) is 5.77. The van der Waals surface area contributed by atoms with E-state index in [1.165, 1.54) is 37.9 Å². The van der Waals surface area contributed by atoms with Gasteiger partial charge in [0.05, 0.1) is 17.7 Å². The van der Waals surface area contributed by atoms with Gasteiger partial charge in [-0.15, -0.1) is 0 Å². The van der Waals surface area contributed by atoms with Crippen molar-refractivity contribution in [1.29, 1.82) is 5.26 Å². The number of phenolic OH excluding ortho intramolecular Hbond substituents is 1. The standard InChI is InChI=1S/C14H25N3O.C7H5NO/c18-14(13-6-2-7-15-13)17-9-3-8-16(10-11-17)12-4-1-5-12;8-5-6-2-1-3-7(9)4-6/h12-13,15H,1-11H2;1-4,9H/t13-;/m1./s1. The first-order valence-electron chi connectivity index (χ1n) is 10.1. The van der Waals surface area contributed by atoms with Crippen LogP contribution in [0.4, 0.5) is 0 Å². The van der Waals surface area contributed by atoms with E-state index in [1.807, 2.05) is 6.07 Å². The average molecular weight is 370 g/mol. The molecule has 0 unspecified atom stereocenters. The van der Waals surface area contributed by atoms with Crippen LogP contribution in [0.3, 0.4) is 0 Å². The van der Waals surface area contributed by atoms with Gasteiger partial charge in [0.1, 0.15) is 5.75 Å². The Kier molecular flexibility index (Phi) is 7.08. The number of hydrogen-bond acceptors (Lipinski definition) is 5. The highest BCUT2D eigenvalue weighted by Crippen LogP contribution is 2.25. The SMILES string of the molecule is N#Cc1cccc(O)c1.O=C([C@H]1CCCN1)N1CCCN(C2CCC2)CC1. The summed E-state index contributed by atoms with van der Waals surface area (Å²) in [5.74, 6) is 0.483. The third kappa shape index (κ3) is 5.44. The summed E-state index contributed by atoms with van der Waals surface area (Å²) in [6.45, 7) is 5.18. The summed E-state index contributed by atoms with van der Waals surface area (Å²) < 4.78 is 0. The molecular formula is C21H30N4O2. The molecule has 0 spiro atoms. The van der Waals surface area contributed by atoms with Gasteiger partial charge in [-0.3, -0.25) is 9.69 Å². The molecule has 2 aliphatic heterocycles. The van der Waals surface area contributed by atoms with Crippen molar-refractivity contribution < 1.29 is 9.90 Å². The van der Waals surface area contributed by atoms with Gasteiger partial charge in [0.15, 0.2) is 0 Å². The molecule has 3 aliphatic rings. The smallest absolute Gasteiger partial charge is 0.239 e. The lowest BCUT2D eigenvalue weighted by molar-refractivity contribution is -0.133. The fourth-order valence-electron chi connectivity index (χ4n) is 3.97. The van der Waals surface area contributed by atoms with Crippen LogP contribution in [0.25, 0.3) is 0 Å². The van der Waals surface area contributed by atoms with Gasteiger partial charge in [-0.1, -0.05) is 12.5 Å². The first-order valence-corrected chi connectivity index (χ1v) is 10.1. The van der Waals surface area contributed by atoms with Crippen LogP contribution in [-0.4, -0.2) is 65.6 Å². The van der Waals surface area contributed by atoms with Gasteiger partial charge in [-0.05, 0) is 56.8 Å². The minimum atomic E-state index is 0.111. The number of rotatable bonds is 2. The molecule has 0 radical (unpaired) electrons. The second-order valence-electron chi connectivity index (χ2n) is 7.61. The highest BCUT2D eigenvalue weighted by atomic mass is 16.3. The lowest BCUT2D eigenvalue weighted by Gasteiger charge is -2.36. The van der Waals surface area contributed by atoms with E-state index in [0.29, 0.717) is 11.5 Å². The van der Waals surface area contributed by atoms with Crippen LogP contribution in [0.15, 0.2) is 24.3 Å². The van der Waals surface area contributed by atoms with Crippen molar-refractivity contribution in [3.8, 4) is 11.8 Å². The van der Waals surface area contributed by atoms with Crippen molar-refractivity contribution in [2.75, 3.05) is 32.7 Å². The number of hydrogen-bond donors (Lipinski definition) is 2. The first-order chi connectivity index (χ1) is 13.2. The van der Waals surface area contributed by atoms with Gasteiger partial charge in [0, 0.05) is 32.2 Å². The van der Waals surface area contributed by atoms with Crippen LogP contribution >= 0.6 is 0 Å². The van der Waals surface area contributed by atoms with E-state index in [0.717, 1.165) is 51.5 Å². The first kappa shape index (κ1) is 19.7. The molecule has 6 heteroatoms. The predicted octanol–water partition coefficient (Wildman–Crippen LogP) is 2.09. The molecule has 0 bridgehead atoms. The summed E-state index contributed by atoms with van der Waals surface area (Å²) in [6, 6.07) is 9.06. The van der Waals surface area contributed by atoms with Gasteiger partial charge < -0.3 is 15.3 Å². The molecule has 146 valence electrons. The Morgan fingerprint density at radius 1 is 1.11 bits per heavy atom. The lowest BCUT2D eigenvalue weighted by atomic mass is 9.91. The van der Waals surface area contributed by atoms with Crippen molar-refractivity contribution in [2.45, 2.75) is 50.6 Å². The largest absolute Gasteiger partial charge is 0.508 e. The number of aromatic hydroxyl groups is 1. The maximum absolute atomic E-state index is 12.4. The fraction of sp³-hybridized carbons (Fsp3) is 0.619. The van der Waals surface area contributed by atoms with Crippen molar-refractivity contribution in [3.05, 3.63) is 29.8 Å². The predicted molar refractivity (Wildman–Crippen MR) is 104 cm³/mol. The topological polar surface area (TPSA) is 79.6 Å². The molecule has 1 aromatic carbocycles. The molecule has 1 atom stereocenters. The lowest BCUT2D eigenvalue weighted by Crippen LogP contribution is -2.46. The summed E-state index contributed by atoms with van der Waals surface area (Å²) in [5.41, 5.74) is 0.481. The maximum atomic E-state index is 12.4. The van der Waals surface area contributed by atoms with Crippen LogP contribution in [-0.2, 0) is 4.79 Å². The van der Waals surface area contributed by atoms with E-state index in [1.54, 1.807) is 12.1 Å². The highest BCUT2D eigenvalue weighted by molar-refractivity contribution is 5.82. The van der Waals surface area contributed by atoms with E-state index >= 15 is 0 Å². The number of nitriles is 1. The maximum Gasteiger partial charge on any atom is 0.239 e. The molecule has 6 nitrogen and oxygen atoms in total. The average Bonchev–Trinajstić information content (AvgIpc) is 3.07. The molecule has 2 heterocycles. The molecular weight excluding hydrogens is 340 g/mol. The number of carbonyl (C=O) groups excluding carboxylic acids is 1. The Labute approximate surface area is 161 Å². The molecule has 27 heavy (non-hydrogen) atoms. The normalized spacial score (nSPS) is 23.5. The van der Waals surface area contributed by atoms with Crippen molar-refractivity contribution in [3.63, 3.8) is 0 Å². The minimum Gasteiger partial charge on any atom is -0.508 e. The number of benzene rings is 1. The number of amides is 1. The fourth-order valence-corrected chi connectivity index (χ4v) is 3.97. The van der Waals surface area contributed by atoms with Gasteiger partial charge in [0.2, 0.25) is 5.91 Å². The minimum absolute atomic E-state index is 0.111. The van der Waals surface area contributed by atoms with Crippen molar-refractivity contribution >= 4 is 5.91 Å².